The summed E-state index contributed by atoms with van der Waals surface area (Å²) in [5, 5.41) is 3.13. The van der Waals surface area contributed by atoms with Crippen LogP contribution in [0.2, 0.25) is 0 Å². The molecule has 0 atom stereocenters. The predicted molar refractivity (Wildman–Crippen MR) is 111 cm³/mol. The van der Waals surface area contributed by atoms with Gasteiger partial charge in [-0.05, 0) is 42.5 Å². The molecule has 1 fully saturated rings. The average Bonchev–Trinajstić information content (AvgIpc) is 2.78. The zero-order valence-corrected chi connectivity index (χ0v) is 17.1. The third-order valence-corrected chi connectivity index (χ3v) is 5.87. The van der Waals surface area contributed by atoms with Gasteiger partial charge in [-0.15, -0.1) is 0 Å². The molecular formula is C22H28N4O3. The second-order valence-corrected chi connectivity index (χ2v) is 7.72. The number of rotatable bonds is 5. The fraction of sp³-hybridized carbons (Fsp3) is 0.500. The van der Waals surface area contributed by atoms with Crippen LogP contribution in [-0.2, 0) is 13.0 Å². The highest BCUT2D eigenvalue weighted by atomic mass is 16.5. The number of methoxy groups -OCH3 is 2. The van der Waals surface area contributed by atoms with Gasteiger partial charge in [0.1, 0.15) is 17.8 Å². The quantitative estimate of drug-likeness (QED) is 0.837. The minimum Gasteiger partial charge on any atom is -0.493 e. The van der Waals surface area contributed by atoms with Crippen LogP contribution in [0.3, 0.4) is 0 Å². The van der Waals surface area contributed by atoms with Gasteiger partial charge in [-0.25, -0.2) is 9.97 Å². The Morgan fingerprint density at radius 1 is 1.03 bits per heavy atom. The maximum Gasteiger partial charge on any atom is 0.270 e. The Balaban J connectivity index is 1.49. The van der Waals surface area contributed by atoms with Crippen molar-refractivity contribution in [2.75, 3.05) is 25.7 Å². The summed E-state index contributed by atoms with van der Waals surface area (Å²) in [6.45, 7) is 1.53. The number of hydrogen-bond donors (Lipinski definition) is 1. The first kappa shape index (κ1) is 19.5. The second-order valence-electron chi connectivity index (χ2n) is 7.72. The number of ether oxygens (including phenoxy) is 2. The van der Waals surface area contributed by atoms with Crippen molar-refractivity contribution in [3.05, 3.63) is 41.3 Å². The molecular weight excluding hydrogens is 368 g/mol. The lowest BCUT2D eigenvalue weighted by atomic mass is 9.95. The van der Waals surface area contributed by atoms with Gasteiger partial charge < -0.3 is 19.7 Å². The van der Waals surface area contributed by atoms with Gasteiger partial charge in [0.05, 0.1) is 14.2 Å². The van der Waals surface area contributed by atoms with E-state index in [1.54, 1.807) is 20.3 Å². The Morgan fingerprint density at radius 2 is 1.76 bits per heavy atom. The number of nitrogens with one attached hydrogen (secondary N) is 1. The fourth-order valence-corrected chi connectivity index (χ4v) is 4.23. The van der Waals surface area contributed by atoms with Gasteiger partial charge in [0.25, 0.3) is 5.91 Å². The standard InChI is InChI=1S/C22H28N4O3/c1-28-19-10-15-8-9-26(13-16(15)11-20(19)29-2)21-12-18(23-14-24-21)22(27)25-17-6-4-3-5-7-17/h10-12,14,17H,3-9,13H2,1-2H3,(H,25,27). The van der Waals surface area contributed by atoms with Crippen molar-refractivity contribution >= 4 is 11.7 Å². The minimum absolute atomic E-state index is 0.107. The first-order valence-corrected chi connectivity index (χ1v) is 10.3. The SMILES string of the molecule is COc1cc2c(cc1OC)CN(c1cc(C(=O)NC3CCCCC3)ncn1)CC2. The van der Waals surface area contributed by atoms with E-state index >= 15 is 0 Å². The van der Waals surface area contributed by atoms with Crippen molar-refractivity contribution < 1.29 is 14.3 Å². The Hall–Kier alpha value is -2.83. The molecule has 2 aromatic rings. The lowest BCUT2D eigenvalue weighted by molar-refractivity contribution is 0.0922. The topological polar surface area (TPSA) is 76.6 Å². The maximum absolute atomic E-state index is 12.7. The monoisotopic (exact) mass is 396 g/mol. The van der Waals surface area contributed by atoms with Crippen LogP contribution in [0.1, 0.15) is 53.7 Å². The van der Waals surface area contributed by atoms with Crippen molar-refractivity contribution in [2.24, 2.45) is 0 Å². The van der Waals surface area contributed by atoms with E-state index in [4.69, 9.17) is 9.47 Å². The second kappa shape index (κ2) is 8.68. The first-order valence-electron chi connectivity index (χ1n) is 10.3. The Labute approximate surface area is 171 Å². The molecule has 1 aromatic heterocycles. The van der Waals surface area contributed by atoms with E-state index in [-0.39, 0.29) is 11.9 Å². The molecule has 1 amide bonds. The van der Waals surface area contributed by atoms with Crippen LogP contribution in [0.15, 0.2) is 24.5 Å². The number of benzene rings is 1. The molecule has 7 nitrogen and oxygen atoms in total. The van der Waals surface area contributed by atoms with E-state index in [9.17, 15) is 4.79 Å². The van der Waals surface area contributed by atoms with Gasteiger partial charge in [0.2, 0.25) is 0 Å². The van der Waals surface area contributed by atoms with Crippen LogP contribution in [0, 0.1) is 0 Å². The highest BCUT2D eigenvalue weighted by Crippen LogP contribution is 2.34. The predicted octanol–water partition coefficient (Wildman–Crippen LogP) is 3.12. The normalized spacial score (nSPS) is 16.8. The number of carbonyl (C=O) groups is 1. The highest BCUT2D eigenvalue weighted by molar-refractivity contribution is 5.93. The molecule has 1 aromatic carbocycles. The number of carbonyl (C=O) groups excluding carboxylic acids is 1. The number of aromatic nitrogens is 2. The van der Waals surface area contributed by atoms with Crippen LogP contribution in [0.5, 0.6) is 11.5 Å². The van der Waals surface area contributed by atoms with Crippen LogP contribution >= 0.6 is 0 Å². The molecule has 0 radical (unpaired) electrons. The van der Waals surface area contributed by atoms with Crippen LogP contribution in [-0.4, -0.2) is 42.7 Å². The van der Waals surface area contributed by atoms with Crippen molar-refractivity contribution in [3.8, 4) is 11.5 Å². The Bertz CT molecular complexity index is 880. The zero-order chi connectivity index (χ0) is 20.2. The lowest BCUT2D eigenvalue weighted by Gasteiger charge is -2.30. The van der Waals surface area contributed by atoms with E-state index in [0.29, 0.717) is 12.2 Å². The summed E-state index contributed by atoms with van der Waals surface area (Å²) in [6, 6.07) is 6.13. The van der Waals surface area contributed by atoms with Gasteiger partial charge in [-0.2, -0.15) is 0 Å². The largest absolute Gasteiger partial charge is 0.493 e. The summed E-state index contributed by atoms with van der Waals surface area (Å²) in [5.41, 5.74) is 2.86. The van der Waals surface area contributed by atoms with Crippen molar-refractivity contribution in [2.45, 2.75) is 51.1 Å². The summed E-state index contributed by atoms with van der Waals surface area (Å²) < 4.78 is 10.9. The van der Waals surface area contributed by atoms with E-state index < -0.39 is 0 Å². The molecule has 29 heavy (non-hydrogen) atoms. The van der Waals surface area contributed by atoms with Gasteiger partial charge >= 0.3 is 0 Å². The molecule has 4 rings (SSSR count). The summed E-state index contributed by atoms with van der Waals surface area (Å²) in [7, 11) is 3.30. The number of anilines is 1. The molecule has 1 saturated carbocycles. The maximum atomic E-state index is 12.7. The minimum atomic E-state index is -0.107. The molecule has 2 heterocycles. The molecule has 0 unspecified atom stereocenters. The van der Waals surface area contributed by atoms with Crippen LogP contribution < -0.4 is 19.7 Å². The fourth-order valence-electron chi connectivity index (χ4n) is 4.23. The van der Waals surface area contributed by atoms with Gasteiger partial charge in [-0.1, -0.05) is 19.3 Å². The molecule has 1 aliphatic carbocycles. The van der Waals surface area contributed by atoms with Gasteiger partial charge in [-0.3, -0.25) is 4.79 Å². The molecule has 154 valence electrons. The van der Waals surface area contributed by atoms with Crippen molar-refractivity contribution in [1.82, 2.24) is 15.3 Å². The third-order valence-electron chi connectivity index (χ3n) is 5.87. The van der Waals surface area contributed by atoms with Crippen molar-refractivity contribution in [1.29, 1.82) is 0 Å². The number of nitrogens with zero attached hydrogens (tertiary/aromatic N) is 3. The number of hydrogen-bond acceptors (Lipinski definition) is 6. The average molecular weight is 396 g/mol. The van der Waals surface area contributed by atoms with E-state index in [0.717, 1.165) is 43.1 Å². The Kier molecular flexibility index (Phi) is 5.83. The number of fused-ring (bicyclic) bond motifs is 1. The molecule has 0 saturated heterocycles. The third kappa shape index (κ3) is 4.28. The Morgan fingerprint density at radius 3 is 2.48 bits per heavy atom. The molecule has 0 bridgehead atoms. The van der Waals surface area contributed by atoms with Crippen LogP contribution in [0.4, 0.5) is 5.82 Å². The smallest absolute Gasteiger partial charge is 0.270 e. The lowest BCUT2D eigenvalue weighted by Crippen LogP contribution is -2.37. The summed E-state index contributed by atoms with van der Waals surface area (Å²) in [6.07, 6.45) is 8.09. The summed E-state index contributed by atoms with van der Waals surface area (Å²) in [4.78, 5) is 23.5. The van der Waals surface area contributed by atoms with E-state index in [2.05, 4.69) is 26.3 Å². The molecule has 7 heteroatoms. The van der Waals surface area contributed by atoms with Gasteiger partial charge in [0, 0.05) is 25.2 Å². The van der Waals surface area contributed by atoms with E-state index in [1.165, 1.54) is 36.7 Å². The van der Waals surface area contributed by atoms with Gasteiger partial charge in [0.15, 0.2) is 11.5 Å². The van der Waals surface area contributed by atoms with E-state index in [1.807, 2.05) is 6.07 Å². The van der Waals surface area contributed by atoms with Crippen molar-refractivity contribution in [3.63, 3.8) is 0 Å². The summed E-state index contributed by atoms with van der Waals surface area (Å²) in [5.74, 6) is 2.14. The molecule has 0 spiro atoms. The highest BCUT2D eigenvalue weighted by Gasteiger charge is 2.22. The summed E-state index contributed by atoms with van der Waals surface area (Å²) >= 11 is 0. The van der Waals surface area contributed by atoms with Crippen LogP contribution in [0.25, 0.3) is 0 Å². The molecule has 2 aliphatic rings. The zero-order valence-electron chi connectivity index (χ0n) is 17.1. The first-order chi connectivity index (χ1) is 14.2. The molecule has 1 aliphatic heterocycles. The number of amides is 1. The molecule has 1 N–H and O–H groups in total.